The molecule has 0 unspecified atom stereocenters. The molecule has 34 heavy (non-hydrogen) atoms. The van der Waals surface area contributed by atoms with Gasteiger partial charge in [0.05, 0.1) is 27.2 Å². The molecule has 0 spiro atoms. The SMILES string of the molecule is CC(C)c1nc2ccc(Br)cc2c(=O)n1N=Cc1cc(Cl)c(OCc2ccc(Cl)cc2)c(Cl)c1. The van der Waals surface area contributed by atoms with Crippen LogP contribution in [-0.2, 0) is 6.61 Å². The second kappa shape index (κ2) is 10.5. The van der Waals surface area contributed by atoms with Crippen LogP contribution in [0, 0.1) is 0 Å². The van der Waals surface area contributed by atoms with Crippen LogP contribution in [0.3, 0.4) is 0 Å². The molecule has 4 aromatic rings. The van der Waals surface area contributed by atoms with E-state index in [1.165, 1.54) is 10.9 Å². The van der Waals surface area contributed by atoms with Crippen molar-refractivity contribution in [2.75, 3.05) is 0 Å². The Morgan fingerprint density at radius 1 is 1.06 bits per heavy atom. The van der Waals surface area contributed by atoms with E-state index in [0.29, 0.717) is 43.1 Å². The summed E-state index contributed by atoms with van der Waals surface area (Å²) in [4.78, 5) is 17.8. The fourth-order valence-corrected chi connectivity index (χ4v) is 4.40. The topological polar surface area (TPSA) is 56.5 Å². The zero-order valence-electron chi connectivity index (χ0n) is 18.2. The highest BCUT2D eigenvalue weighted by molar-refractivity contribution is 9.10. The zero-order valence-corrected chi connectivity index (χ0v) is 22.1. The lowest BCUT2D eigenvalue weighted by molar-refractivity contribution is 0.306. The van der Waals surface area contributed by atoms with E-state index in [2.05, 4.69) is 26.0 Å². The average Bonchev–Trinajstić information content (AvgIpc) is 2.79. The molecule has 3 aromatic carbocycles. The standard InChI is InChI=1S/C25H19BrCl3N3O2/c1-14(2)24-31-22-8-5-17(26)11-19(22)25(33)32(24)30-12-16-9-20(28)23(21(29)10-16)34-13-15-3-6-18(27)7-4-15/h3-12,14H,13H2,1-2H3. The van der Waals surface area contributed by atoms with E-state index in [1.807, 2.05) is 38.1 Å². The Balaban J connectivity index is 1.65. The summed E-state index contributed by atoms with van der Waals surface area (Å²) in [7, 11) is 0. The van der Waals surface area contributed by atoms with Crippen molar-refractivity contribution in [3.63, 3.8) is 0 Å². The van der Waals surface area contributed by atoms with E-state index in [4.69, 9.17) is 39.5 Å². The summed E-state index contributed by atoms with van der Waals surface area (Å²) in [5.74, 6) is 0.901. The highest BCUT2D eigenvalue weighted by Gasteiger charge is 2.14. The lowest BCUT2D eigenvalue weighted by atomic mass is 10.2. The minimum Gasteiger partial charge on any atom is -0.486 e. The van der Waals surface area contributed by atoms with Crippen molar-refractivity contribution in [3.05, 3.63) is 101 Å². The largest absolute Gasteiger partial charge is 0.486 e. The summed E-state index contributed by atoms with van der Waals surface area (Å²) < 4.78 is 7.92. The molecule has 0 fully saturated rings. The number of nitrogens with zero attached hydrogens (tertiary/aromatic N) is 3. The molecule has 0 bridgehead atoms. The van der Waals surface area contributed by atoms with Gasteiger partial charge in [0, 0.05) is 15.4 Å². The van der Waals surface area contributed by atoms with Gasteiger partial charge in [-0.25, -0.2) is 4.98 Å². The summed E-state index contributed by atoms with van der Waals surface area (Å²) >= 11 is 22.2. The molecule has 9 heteroatoms. The number of fused-ring (bicyclic) bond motifs is 1. The molecule has 4 rings (SSSR count). The first-order valence-corrected chi connectivity index (χ1v) is 12.3. The first-order valence-electron chi connectivity index (χ1n) is 10.4. The maximum Gasteiger partial charge on any atom is 0.282 e. The van der Waals surface area contributed by atoms with Crippen LogP contribution >= 0.6 is 50.7 Å². The molecule has 0 aliphatic heterocycles. The number of aromatic nitrogens is 2. The minimum absolute atomic E-state index is 0.0197. The van der Waals surface area contributed by atoms with E-state index in [1.54, 1.807) is 30.3 Å². The van der Waals surface area contributed by atoms with Crippen LogP contribution in [0.15, 0.2) is 69.0 Å². The number of benzene rings is 3. The number of hydrogen-bond acceptors (Lipinski definition) is 4. The second-order valence-electron chi connectivity index (χ2n) is 7.88. The highest BCUT2D eigenvalue weighted by Crippen LogP contribution is 2.34. The Morgan fingerprint density at radius 2 is 1.74 bits per heavy atom. The van der Waals surface area contributed by atoms with Crippen molar-refractivity contribution in [2.24, 2.45) is 5.10 Å². The molecule has 0 atom stereocenters. The van der Waals surface area contributed by atoms with E-state index >= 15 is 0 Å². The Bertz CT molecular complexity index is 1430. The zero-order chi connectivity index (χ0) is 24.4. The highest BCUT2D eigenvalue weighted by atomic mass is 79.9. The van der Waals surface area contributed by atoms with Gasteiger partial charge in [0.25, 0.3) is 5.56 Å². The van der Waals surface area contributed by atoms with Crippen LogP contribution in [0.1, 0.15) is 36.7 Å². The van der Waals surface area contributed by atoms with E-state index in [9.17, 15) is 4.79 Å². The molecule has 0 radical (unpaired) electrons. The van der Waals surface area contributed by atoms with Gasteiger partial charge in [0.2, 0.25) is 0 Å². The van der Waals surface area contributed by atoms with Crippen LogP contribution in [-0.4, -0.2) is 15.9 Å². The van der Waals surface area contributed by atoms with Gasteiger partial charge < -0.3 is 4.74 Å². The van der Waals surface area contributed by atoms with Gasteiger partial charge in [0.1, 0.15) is 12.4 Å². The first-order chi connectivity index (χ1) is 16.2. The first kappa shape index (κ1) is 24.7. The predicted octanol–water partition coefficient (Wildman–Crippen LogP) is 7.70. The van der Waals surface area contributed by atoms with Crippen LogP contribution < -0.4 is 10.3 Å². The monoisotopic (exact) mass is 577 g/mol. The van der Waals surface area contributed by atoms with Crippen molar-refractivity contribution in [1.29, 1.82) is 0 Å². The molecule has 5 nitrogen and oxygen atoms in total. The molecule has 1 aromatic heterocycles. The summed E-state index contributed by atoms with van der Waals surface area (Å²) in [6.45, 7) is 4.20. The normalized spacial score (nSPS) is 11.6. The van der Waals surface area contributed by atoms with Gasteiger partial charge in [0.15, 0.2) is 5.75 Å². The lowest BCUT2D eigenvalue weighted by Gasteiger charge is -2.12. The summed E-state index contributed by atoms with van der Waals surface area (Å²) in [5.41, 5.74) is 1.91. The molecular weight excluding hydrogens is 561 g/mol. The van der Waals surface area contributed by atoms with Gasteiger partial charge in [-0.1, -0.05) is 76.7 Å². The Morgan fingerprint density at radius 3 is 2.38 bits per heavy atom. The number of halogens is 4. The molecule has 0 saturated heterocycles. The van der Waals surface area contributed by atoms with Gasteiger partial charge in [-0.05, 0) is 53.6 Å². The third kappa shape index (κ3) is 5.47. The van der Waals surface area contributed by atoms with Crippen LogP contribution in [0.5, 0.6) is 5.75 Å². The fourth-order valence-electron chi connectivity index (χ4n) is 3.30. The predicted molar refractivity (Wildman–Crippen MR) is 143 cm³/mol. The molecule has 0 aliphatic rings. The van der Waals surface area contributed by atoms with E-state index in [0.717, 1.165) is 10.0 Å². The molecular formula is C25H19BrCl3N3O2. The van der Waals surface area contributed by atoms with Gasteiger partial charge in [-0.15, -0.1) is 0 Å². The minimum atomic E-state index is -0.258. The maximum absolute atomic E-state index is 13.2. The van der Waals surface area contributed by atoms with Crippen molar-refractivity contribution >= 4 is 67.9 Å². The second-order valence-corrected chi connectivity index (χ2v) is 10.0. The Labute approximate surface area is 220 Å². The van der Waals surface area contributed by atoms with Crippen LogP contribution in [0.25, 0.3) is 10.9 Å². The number of rotatable bonds is 6. The van der Waals surface area contributed by atoms with Crippen LogP contribution in [0.4, 0.5) is 0 Å². The van der Waals surface area contributed by atoms with Gasteiger partial charge in [-0.2, -0.15) is 9.78 Å². The van der Waals surface area contributed by atoms with Crippen LogP contribution in [0.2, 0.25) is 15.1 Å². The fraction of sp³-hybridized carbons (Fsp3) is 0.160. The molecule has 1 heterocycles. The third-order valence-corrected chi connectivity index (χ3v) is 6.30. The Hall–Kier alpha value is -2.38. The number of ether oxygens (including phenoxy) is 1. The summed E-state index contributed by atoms with van der Waals surface area (Å²) in [6.07, 6.45) is 1.53. The quantitative estimate of drug-likeness (QED) is 0.220. The van der Waals surface area contributed by atoms with Crippen molar-refractivity contribution in [1.82, 2.24) is 9.66 Å². The average molecular weight is 580 g/mol. The van der Waals surface area contributed by atoms with Crippen molar-refractivity contribution in [2.45, 2.75) is 26.4 Å². The third-order valence-electron chi connectivity index (χ3n) is 4.99. The van der Waals surface area contributed by atoms with E-state index < -0.39 is 0 Å². The van der Waals surface area contributed by atoms with Crippen molar-refractivity contribution < 1.29 is 4.74 Å². The molecule has 174 valence electrons. The van der Waals surface area contributed by atoms with E-state index in [-0.39, 0.29) is 18.1 Å². The molecule has 0 saturated carbocycles. The summed E-state index contributed by atoms with van der Waals surface area (Å²) in [6, 6.07) is 16.1. The molecule has 0 N–H and O–H groups in total. The summed E-state index contributed by atoms with van der Waals surface area (Å²) in [5, 5.41) is 6.21. The maximum atomic E-state index is 13.2. The van der Waals surface area contributed by atoms with Gasteiger partial charge >= 0.3 is 0 Å². The molecule has 0 amide bonds. The lowest BCUT2D eigenvalue weighted by Crippen LogP contribution is -2.23. The number of hydrogen-bond donors (Lipinski definition) is 0. The van der Waals surface area contributed by atoms with Crippen molar-refractivity contribution in [3.8, 4) is 5.75 Å². The smallest absolute Gasteiger partial charge is 0.282 e. The van der Waals surface area contributed by atoms with Gasteiger partial charge in [-0.3, -0.25) is 4.79 Å². The Kier molecular flexibility index (Phi) is 7.63. The molecule has 0 aliphatic carbocycles.